The lowest BCUT2D eigenvalue weighted by atomic mass is 9.92. The van der Waals surface area contributed by atoms with Gasteiger partial charge in [0.05, 0.1) is 24.6 Å². The highest BCUT2D eigenvalue weighted by molar-refractivity contribution is 7.09. The molecule has 0 bridgehead atoms. The van der Waals surface area contributed by atoms with Crippen LogP contribution in [0, 0.1) is 17.2 Å². The van der Waals surface area contributed by atoms with Crippen molar-refractivity contribution in [3.63, 3.8) is 0 Å². The molecule has 7 atom stereocenters. The summed E-state index contributed by atoms with van der Waals surface area (Å²) in [5, 5.41) is 31.6. The van der Waals surface area contributed by atoms with Gasteiger partial charge in [0.25, 0.3) is 5.91 Å². The average Bonchev–Trinajstić information content (AvgIpc) is 3.66. The quantitative estimate of drug-likeness (QED) is 0.0443. The van der Waals surface area contributed by atoms with Crippen LogP contribution in [-0.2, 0) is 41.6 Å². The van der Waals surface area contributed by atoms with Gasteiger partial charge in [-0.3, -0.25) is 34.3 Å². The van der Waals surface area contributed by atoms with Crippen molar-refractivity contribution in [2.24, 2.45) is 29.0 Å². The molecule has 12 N–H and O–H groups in total. The molecular formula is C41H65N9O8S. The lowest BCUT2D eigenvalue weighted by Gasteiger charge is -2.38. The number of aliphatic hydroxyl groups excluding tert-OH is 1. The minimum Gasteiger partial charge on any atom is -0.444 e. The number of imide groups is 1. The summed E-state index contributed by atoms with van der Waals surface area (Å²) in [4.78, 5) is 83.8. The van der Waals surface area contributed by atoms with Crippen molar-refractivity contribution in [2.75, 3.05) is 6.54 Å². The number of hydrogen-bond donors (Lipinski definition) is 9. The van der Waals surface area contributed by atoms with Crippen molar-refractivity contribution in [1.29, 1.82) is 5.41 Å². The van der Waals surface area contributed by atoms with Crippen LogP contribution in [0.2, 0.25) is 0 Å². The molecule has 0 aliphatic heterocycles. The molecule has 17 nitrogen and oxygen atoms in total. The average molecular weight is 844 g/mol. The van der Waals surface area contributed by atoms with Crippen molar-refractivity contribution in [1.82, 2.24) is 26.2 Å². The van der Waals surface area contributed by atoms with Crippen LogP contribution in [0.15, 0.2) is 47.8 Å². The Labute approximate surface area is 351 Å². The zero-order valence-corrected chi connectivity index (χ0v) is 36.1. The van der Waals surface area contributed by atoms with E-state index in [1.807, 2.05) is 26.2 Å². The Kier molecular flexibility index (Phi) is 20.5. The number of rotatable bonds is 23. The number of aliphatic hydroxyl groups is 1. The second-order valence-corrected chi connectivity index (χ2v) is 17.2. The van der Waals surface area contributed by atoms with E-state index >= 15 is 0 Å². The van der Waals surface area contributed by atoms with Crippen LogP contribution in [-0.4, -0.2) is 100 Å². The number of alkyl carbamates (subject to hydrolysis) is 1. The zero-order valence-electron chi connectivity index (χ0n) is 35.3. The molecule has 59 heavy (non-hydrogen) atoms. The minimum atomic E-state index is -1.65. The maximum absolute atomic E-state index is 14.8. The number of hydrogen-bond acceptors (Lipinski definition) is 11. The lowest BCUT2D eigenvalue weighted by Crippen LogP contribution is -2.62. The number of carbonyl (C=O) groups excluding carboxylic acids is 6. The van der Waals surface area contributed by atoms with Gasteiger partial charge in [-0.15, -0.1) is 11.3 Å². The Balaban J connectivity index is 2.52. The first-order valence-corrected chi connectivity index (χ1v) is 20.8. The summed E-state index contributed by atoms with van der Waals surface area (Å²) in [6.45, 7) is 12.5. The third-order valence-electron chi connectivity index (χ3n) is 9.41. The van der Waals surface area contributed by atoms with Gasteiger partial charge in [0.1, 0.15) is 23.7 Å². The maximum atomic E-state index is 14.8. The lowest BCUT2D eigenvalue weighted by molar-refractivity contribution is -0.154. The van der Waals surface area contributed by atoms with E-state index in [9.17, 15) is 33.9 Å². The largest absolute Gasteiger partial charge is 0.444 e. The summed E-state index contributed by atoms with van der Waals surface area (Å²) < 4.78 is 5.49. The number of thiophene rings is 1. The Morgan fingerprint density at radius 2 is 1.58 bits per heavy atom. The van der Waals surface area contributed by atoms with Gasteiger partial charge in [0.15, 0.2) is 5.96 Å². The Morgan fingerprint density at radius 1 is 0.915 bits per heavy atom. The van der Waals surface area contributed by atoms with Crippen LogP contribution < -0.4 is 38.5 Å². The predicted molar refractivity (Wildman–Crippen MR) is 227 cm³/mol. The molecule has 328 valence electrons. The van der Waals surface area contributed by atoms with Crippen LogP contribution >= 0.6 is 11.3 Å². The van der Waals surface area contributed by atoms with E-state index in [-0.39, 0.29) is 44.1 Å². The number of nitrogens with one attached hydrogen (secondary N) is 5. The molecule has 0 saturated heterocycles. The Bertz CT molecular complexity index is 1690. The number of benzene rings is 1. The molecule has 1 aromatic heterocycles. The molecular weight excluding hydrogens is 779 g/mol. The molecule has 0 radical (unpaired) electrons. The summed E-state index contributed by atoms with van der Waals surface area (Å²) in [5.41, 5.74) is 17.1. The molecule has 2 rings (SSSR count). The normalized spacial score (nSPS) is 15.0. The van der Waals surface area contributed by atoms with E-state index in [0.29, 0.717) is 18.4 Å². The molecule has 6 amide bonds. The number of nitrogens with two attached hydrogens (primary N) is 3. The summed E-state index contributed by atoms with van der Waals surface area (Å²) in [6.07, 6.45) is -2.15. The van der Waals surface area contributed by atoms with Gasteiger partial charge in [0.2, 0.25) is 23.6 Å². The number of amides is 6. The molecule has 0 saturated carbocycles. The van der Waals surface area contributed by atoms with E-state index in [1.165, 1.54) is 11.3 Å². The topological polar surface area (TPSA) is 285 Å². The van der Waals surface area contributed by atoms with Crippen molar-refractivity contribution >= 4 is 52.9 Å². The third-order valence-corrected chi connectivity index (χ3v) is 10.3. The van der Waals surface area contributed by atoms with Crippen molar-refractivity contribution in [2.45, 2.75) is 135 Å². The molecule has 1 heterocycles. The first kappa shape index (κ1) is 50.1. The van der Waals surface area contributed by atoms with Crippen molar-refractivity contribution < 1.29 is 38.6 Å². The molecule has 0 aliphatic carbocycles. The maximum Gasteiger partial charge on any atom is 0.408 e. The smallest absolute Gasteiger partial charge is 0.408 e. The number of guanidine groups is 1. The van der Waals surface area contributed by atoms with Gasteiger partial charge in [-0.05, 0) is 68.9 Å². The summed E-state index contributed by atoms with van der Waals surface area (Å²) in [7, 11) is 0. The van der Waals surface area contributed by atoms with Gasteiger partial charge in [-0.25, -0.2) is 4.79 Å². The van der Waals surface area contributed by atoms with Crippen molar-refractivity contribution in [3.8, 4) is 0 Å². The number of nitrogens with zero attached hydrogens (tertiary/aromatic N) is 1. The van der Waals surface area contributed by atoms with Gasteiger partial charge < -0.3 is 48.3 Å². The Hall–Kier alpha value is -5.07. The molecule has 0 aliphatic rings. The van der Waals surface area contributed by atoms with E-state index in [4.69, 9.17) is 27.3 Å². The van der Waals surface area contributed by atoms with Gasteiger partial charge in [-0.2, -0.15) is 0 Å². The third kappa shape index (κ3) is 17.8. The molecule has 0 spiro atoms. The fourth-order valence-electron chi connectivity index (χ4n) is 6.27. The van der Waals surface area contributed by atoms with E-state index in [0.717, 1.165) is 9.78 Å². The number of ether oxygens (including phenoxy) is 1. The SMILES string of the molecule is CC[C@H](C)[C@H](NC(=O)C[C@H](O)[C@H](CC(C)C)N(C(=O)[C@H](Cc1ccccc1)NC(=O)OC(C)(C)C)C(=O)[C@@H](N)Cc1cccs1)C(=O)N[C@@H](CCCNC(=N)N)C(N)=O. The molecule has 2 aromatic rings. The molecule has 1 aromatic carbocycles. The monoisotopic (exact) mass is 843 g/mol. The first-order chi connectivity index (χ1) is 27.6. The van der Waals surface area contributed by atoms with Crippen LogP contribution in [0.4, 0.5) is 4.79 Å². The van der Waals surface area contributed by atoms with Crippen LogP contribution in [0.25, 0.3) is 0 Å². The van der Waals surface area contributed by atoms with Crippen LogP contribution in [0.1, 0.15) is 91.0 Å². The van der Waals surface area contributed by atoms with Crippen LogP contribution in [0.3, 0.4) is 0 Å². The highest BCUT2D eigenvalue weighted by Crippen LogP contribution is 2.23. The highest BCUT2D eigenvalue weighted by Gasteiger charge is 2.42. The van der Waals surface area contributed by atoms with E-state index in [1.54, 1.807) is 70.2 Å². The standard InChI is InChI=1S/C41H65N9O8S/c1-8-25(4)34(36(54)47-29(35(43)53)17-12-18-46-39(44)45)49-33(52)23-32(51)31(20-24(2)3)50(37(55)28(42)22-27-16-13-19-59-27)38(56)30(21-26-14-10-9-11-15-26)48-40(57)58-41(5,6)7/h9-11,13-16,19,24-25,28-32,34,51H,8,12,17-18,20-23,42H2,1-7H3,(H2,43,53)(H,47,54)(H,48,57)(H,49,52)(H4,44,45,46)/t25-,28-,29-,30-,31-,32-,34-/m0/s1. The second kappa shape index (κ2) is 24.1. The molecule has 0 unspecified atom stereocenters. The summed E-state index contributed by atoms with van der Waals surface area (Å²) in [6, 6.07) is 6.35. The number of carbonyl (C=O) groups is 6. The van der Waals surface area contributed by atoms with Gasteiger partial charge in [0, 0.05) is 24.3 Å². The highest BCUT2D eigenvalue weighted by atomic mass is 32.1. The zero-order chi connectivity index (χ0) is 44.4. The fourth-order valence-corrected chi connectivity index (χ4v) is 7.03. The van der Waals surface area contributed by atoms with Crippen LogP contribution in [0.5, 0.6) is 0 Å². The molecule has 0 fully saturated rings. The summed E-state index contributed by atoms with van der Waals surface area (Å²) in [5.74, 6) is -4.78. The molecule has 18 heteroatoms. The van der Waals surface area contributed by atoms with E-state index in [2.05, 4.69) is 21.3 Å². The van der Waals surface area contributed by atoms with Gasteiger partial charge in [-0.1, -0.05) is 70.5 Å². The van der Waals surface area contributed by atoms with E-state index < -0.39 is 89.9 Å². The second-order valence-electron chi connectivity index (χ2n) is 16.2. The fraction of sp³-hybridized carbons (Fsp3) is 0.585. The van der Waals surface area contributed by atoms with Gasteiger partial charge >= 0.3 is 6.09 Å². The van der Waals surface area contributed by atoms with Crippen molar-refractivity contribution in [3.05, 3.63) is 58.3 Å². The summed E-state index contributed by atoms with van der Waals surface area (Å²) >= 11 is 1.38. The predicted octanol–water partition coefficient (Wildman–Crippen LogP) is 2.04. The Morgan fingerprint density at radius 3 is 2.12 bits per heavy atom. The first-order valence-electron chi connectivity index (χ1n) is 20.0. The number of primary amides is 1. The minimum absolute atomic E-state index is 0.0426.